The normalized spacial score (nSPS) is 16.0. The summed E-state index contributed by atoms with van der Waals surface area (Å²) in [6, 6.07) is -0.349. The van der Waals surface area contributed by atoms with E-state index in [0.29, 0.717) is 26.3 Å². The topological polar surface area (TPSA) is 55.6 Å². The molecule has 4 nitrogen and oxygen atoms in total. The summed E-state index contributed by atoms with van der Waals surface area (Å²) in [5, 5.41) is 0. The lowest BCUT2D eigenvalue weighted by atomic mass is 10.4. The molecule has 0 unspecified atom stereocenters. The quantitative estimate of drug-likeness (QED) is 0.672. The highest BCUT2D eigenvalue weighted by Crippen LogP contribution is 1.94. The maximum absolute atomic E-state index is 10.4. The highest BCUT2D eigenvalue weighted by Gasteiger charge is 2.12. The molecule has 0 bridgehead atoms. The van der Waals surface area contributed by atoms with Gasteiger partial charge in [-0.05, 0) is 0 Å². The first-order valence-electron chi connectivity index (χ1n) is 4.84. The standard InChI is InChI=1S/C5H10N2O2.C4H10/c6-5(8)7-1-3-9-4-2-7;1-3-4-2/h1-4H2,(H2,6,8);3-4H2,1-2H3. The molecule has 0 atom stereocenters. The average molecular weight is 188 g/mol. The maximum atomic E-state index is 10.4. The number of carbonyl (C=O) groups excluding carboxylic acids is 1. The van der Waals surface area contributed by atoms with Crippen molar-refractivity contribution in [3.8, 4) is 0 Å². The molecular weight excluding hydrogens is 168 g/mol. The Bertz CT molecular complexity index is 132. The molecule has 0 spiro atoms. The predicted molar refractivity (Wildman–Crippen MR) is 52.6 cm³/mol. The van der Waals surface area contributed by atoms with Crippen molar-refractivity contribution in [1.82, 2.24) is 4.90 Å². The lowest BCUT2D eigenvalue weighted by molar-refractivity contribution is 0.0554. The Kier molecular flexibility index (Phi) is 7.39. The Morgan fingerprint density at radius 3 is 2.00 bits per heavy atom. The summed E-state index contributed by atoms with van der Waals surface area (Å²) in [6.45, 7) is 6.86. The summed E-state index contributed by atoms with van der Waals surface area (Å²) >= 11 is 0. The molecule has 1 rings (SSSR count). The first-order valence-corrected chi connectivity index (χ1v) is 4.84. The van der Waals surface area contributed by atoms with Crippen LogP contribution in [0.2, 0.25) is 0 Å². The van der Waals surface area contributed by atoms with Crippen LogP contribution in [0.15, 0.2) is 0 Å². The third kappa shape index (κ3) is 6.40. The fraction of sp³-hybridized carbons (Fsp3) is 0.889. The Morgan fingerprint density at radius 2 is 1.77 bits per heavy atom. The van der Waals surface area contributed by atoms with Gasteiger partial charge in [0.1, 0.15) is 0 Å². The van der Waals surface area contributed by atoms with Gasteiger partial charge in [-0.1, -0.05) is 26.7 Å². The molecule has 1 heterocycles. The van der Waals surface area contributed by atoms with Crippen LogP contribution < -0.4 is 5.73 Å². The lowest BCUT2D eigenvalue weighted by Gasteiger charge is -2.24. The highest BCUT2D eigenvalue weighted by molar-refractivity contribution is 5.71. The van der Waals surface area contributed by atoms with Crippen molar-refractivity contribution in [1.29, 1.82) is 0 Å². The van der Waals surface area contributed by atoms with Gasteiger partial charge in [0.2, 0.25) is 0 Å². The minimum Gasteiger partial charge on any atom is -0.378 e. The van der Waals surface area contributed by atoms with Crippen molar-refractivity contribution < 1.29 is 9.53 Å². The minimum atomic E-state index is -0.349. The minimum absolute atomic E-state index is 0.349. The van der Waals surface area contributed by atoms with Crippen LogP contribution in [0, 0.1) is 0 Å². The van der Waals surface area contributed by atoms with Gasteiger partial charge in [0.05, 0.1) is 13.2 Å². The molecule has 1 fully saturated rings. The largest absolute Gasteiger partial charge is 0.378 e. The van der Waals surface area contributed by atoms with E-state index in [1.165, 1.54) is 12.8 Å². The molecule has 1 saturated heterocycles. The van der Waals surface area contributed by atoms with Gasteiger partial charge in [-0.15, -0.1) is 0 Å². The Labute approximate surface area is 80.0 Å². The summed E-state index contributed by atoms with van der Waals surface area (Å²) in [4.78, 5) is 12.0. The first-order chi connectivity index (χ1) is 6.22. The Balaban J connectivity index is 0.000000310. The Morgan fingerprint density at radius 1 is 1.31 bits per heavy atom. The number of unbranched alkanes of at least 4 members (excludes halogenated alkanes) is 1. The maximum Gasteiger partial charge on any atom is 0.314 e. The van der Waals surface area contributed by atoms with E-state index < -0.39 is 0 Å². The molecule has 13 heavy (non-hydrogen) atoms. The summed E-state index contributed by atoms with van der Waals surface area (Å²) in [5.41, 5.74) is 5.00. The molecule has 0 saturated carbocycles. The van der Waals surface area contributed by atoms with E-state index in [9.17, 15) is 4.79 Å². The molecule has 0 aromatic rings. The number of nitrogens with two attached hydrogens (primary N) is 1. The molecular formula is C9H20N2O2. The van der Waals surface area contributed by atoms with Gasteiger partial charge in [0.25, 0.3) is 0 Å². The van der Waals surface area contributed by atoms with Gasteiger partial charge in [-0.2, -0.15) is 0 Å². The molecule has 78 valence electrons. The monoisotopic (exact) mass is 188 g/mol. The van der Waals surface area contributed by atoms with Crippen molar-refractivity contribution in [3.05, 3.63) is 0 Å². The SMILES string of the molecule is CCCC.NC(=O)N1CCOCC1. The molecule has 4 heteroatoms. The average Bonchev–Trinajstić information content (AvgIpc) is 2.19. The van der Waals surface area contributed by atoms with Crippen LogP contribution in [-0.2, 0) is 4.74 Å². The van der Waals surface area contributed by atoms with E-state index in [0.717, 1.165) is 0 Å². The second kappa shape index (κ2) is 7.86. The molecule has 2 N–H and O–H groups in total. The van der Waals surface area contributed by atoms with E-state index in [1.54, 1.807) is 4.90 Å². The number of urea groups is 1. The number of primary amides is 1. The molecule has 1 aliphatic rings. The summed E-state index contributed by atoms with van der Waals surface area (Å²) in [5.74, 6) is 0. The number of amides is 2. The molecule has 1 aliphatic heterocycles. The number of carbonyl (C=O) groups is 1. The fourth-order valence-electron chi connectivity index (χ4n) is 0.784. The first kappa shape index (κ1) is 12.2. The van der Waals surface area contributed by atoms with Crippen LogP contribution in [0.1, 0.15) is 26.7 Å². The molecule has 2 amide bonds. The zero-order valence-corrected chi connectivity index (χ0v) is 8.58. The van der Waals surface area contributed by atoms with Gasteiger partial charge >= 0.3 is 6.03 Å². The zero-order valence-electron chi connectivity index (χ0n) is 8.58. The van der Waals surface area contributed by atoms with Crippen molar-refractivity contribution >= 4 is 6.03 Å². The predicted octanol–water partition coefficient (Wildman–Crippen LogP) is 1.20. The number of morpholine rings is 1. The van der Waals surface area contributed by atoms with Crippen LogP contribution in [0.25, 0.3) is 0 Å². The van der Waals surface area contributed by atoms with E-state index in [1.807, 2.05) is 0 Å². The molecule has 0 aliphatic carbocycles. The molecule has 0 aromatic carbocycles. The number of rotatable bonds is 1. The number of nitrogens with zero attached hydrogens (tertiary/aromatic N) is 1. The third-order valence-corrected chi connectivity index (χ3v) is 1.82. The van der Waals surface area contributed by atoms with Gasteiger partial charge in [0.15, 0.2) is 0 Å². The summed E-state index contributed by atoms with van der Waals surface area (Å²) in [7, 11) is 0. The third-order valence-electron chi connectivity index (χ3n) is 1.82. The van der Waals surface area contributed by atoms with E-state index in [-0.39, 0.29) is 6.03 Å². The second-order valence-corrected chi connectivity index (χ2v) is 2.94. The molecule has 0 radical (unpaired) electrons. The van der Waals surface area contributed by atoms with Crippen LogP contribution in [0.4, 0.5) is 4.79 Å². The second-order valence-electron chi connectivity index (χ2n) is 2.94. The van der Waals surface area contributed by atoms with Crippen molar-refractivity contribution in [3.63, 3.8) is 0 Å². The van der Waals surface area contributed by atoms with Gasteiger partial charge < -0.3 is 15.4 Å². The van der Waals surface area contributed by atoms with Crippen molar-refractivity contribution in [2.45, 2.75) is 26.7 Å². The molecule has 0 aromatic heterocycles. The zero-order chi connectivity index (χ0) is 10.1. The van der Waals surface area contributed by atoms with Crippen LogP contribution in [-0.4, -0.2) is 37.2 Å². The number of hydrogen-bond donors (Lipinski definition) is 1. The van der Waals surface area contributed by atoms with E-state index in [2.05, 4.69) is 13.8 Å². The van der Waals surface area contributed by atoms with Crippen LogP contribution in [0.3, 0.4) is 0 Å². The smallest absolute Gasteiger partial charge is 0.314 e. The van der Waals surface area contributed by atoms with Gasteiger partial charge in [-0.25, -0.2) is 4.79 Å². The highest BCUT2D eigenvalue weighted by atomic mass is 16.5. The van der Waals surface area contributed by atoms with Gasteiger partial charge in [-0.3, -0.25) is 0 Å². The van der Waals surface area contributed by atoms with Crippen LogP contribution >= 0.6 is 0 Å². The van der Waals surface area contributed by atoms with Crippen LogP contribution in [0.5, 0.6) is 0 Å². The number of ether oxygens (including phenoxy) is 1. The van der Waals surface area contributed by atoms with Gasteiger partial charge in [0, 0.05) is 13.1 Å². The van der Waals surface area contributed by atoms with E-state index in [4.69, 9.17) is 10.5 Å². The summed E-state index contributed by atoms with van der Waals surface area (Å²) in [6.07, 6.45) is 2.64. The van der Waals surface area contributed by atoms with Crippen molar-refractivity contribution in [2.24, 2.45) is 5.73 Å². The van der Waals surface area contributed by atoms with Crippen molar-refractivity contribution in [2.75, 3.05) is 26.3 Å². The van der Waals surface area contributed by atoms with E-state index >= 15 is 0 Å². The number of hydrogen-bond acceptors (Lipinski definition) is 2. The fourth-order valence-corrected chi connectivity index (χ4v) is 0.784. The lowest BCUT2D eigenvalue weighted by Crippen LogP contribution is -2.43. The Hall–Kier alpha value is -0.770. The summed E-state index contributed by atoms with van der Waals surface area (Å²) < 4.78 is 5.00.